The van der Waals surface area contributed by atoms with Gasteiger partial charge in [0.05, 0.1) is 12.9 Å². The summed E-state index contributed by atoms with van der Waals surface area (Å²) in [6.45, 7) is 1.31. The number of amides is 1. The average Bonchev–Trinajstić information content (AvgIpc) is 3.05. The van der Waals surface area contributed by atoms with Gasteiger partial charge in [0.15, 0.2) is 0 Å². The Balaban J connectivity index is 1.44. The Kier molecular flexibility index (Phi) is 5.64. The van der Waals surface area contributed by atoms with Gasteiger partial charge in [0.1, 0.15) is 6.10 Å². The van der Waals surface area contributed by atoms with E-state index in [2.05, 4.69) is 25.5 Å². The van der Waals surface area contributed by atoms with E-state index in [1.54, 1.807) is 24.0 Å². The van der Waals surface area contributed by atoms with Crippen molar-refractivity contribution in [3.05, 3.63) is 12.3 Å². The van der Waals surface area contributed by atoms with Crippen LogP contribution in [-0.2, 0) is 11.8 Å². The second-order valence-corrected chi connectivity index (χ2v) is 6.40. The second-order valence-electron chi connectivity index (χ2n) is 5.45. The van der Waals surface area contributed by atoms with Crippen molar-refractivity contribution in [3.63, 3.8) is 0 Å². The quantitative estimate of drug-likeness (QED) is 0.662. The summed E-state index contributed by atoms with van der Waals surface area (Å²) in [4.78, 5) is 22.2. The molecule has 1 fully saturated rings. The van der Waals surface area contributed by atoms with E-state index in [9.17, 15) is 4.79 Å². The van der Waals surface area contributed by atoms with Crippen LogP contribution in [-0.4, -0.2) is 73.0 Å². The summed E-state index contributed by atoms with van der Waals surface area (Å²) >= 11 is 1.34. The first-order valence-electron chi connectivity index (χ1n) is 7.82. The molecule has 0 spiro atoms. The molecular formula is C14H19N7O3S. The van der Waals surface area contributed by atoms with Gasteiger partial charge in [-0.05, 0) is 10.4 Å². The molecule has 0 aliphatic carbocycles. The number of nitrogens with zero attached hydrogens (tertiary/aromatic N) is 7. The Bertz CT molecular complexity index is 718. The molecule has 0 atom stereocenters. The van der Waals surface area contributed by atoms with Gasteiger partial charge in [-0.2, -0.15) is 4.98 Å². The Morgan fingerprint density at radius 1 is 1.40 bits per heavy atom. The molecule has 3 heterocycles. The number of tetrazole rings is 1. The predicted octanol–water partition coefficient (Wildman–Crippen LogP) is 0.171. The van der Waals surface area contributed by atoms with E-state index < -0.39 is 0 Å². The van der Waals surface area contributed by atoms with Crippen molar-refractivity contribution in [1.29, 1.82) is 0 Å². The summed E-state index contributed by atoms with van der Waals surface area (Å²) < 4.78 is 12.4. The molecule has 11 heteroatoms. The number of ether oxygens (including phenoxy) is 2. The highest BCUT2D eigenvalue weighted by Crippen LogP contribution is 2.20. The highest BCUT2D eigenvalue weighted by Gasteiger charge is 2.24. The van der Waals surface area contributed by atoms with Crippen LogP contribution in [0.1, 0.15) is 12.8 Å². The highest BCUT2D eigenvalue weighted by atomic mass is 32.2. The lowest BCUT2D eigenvalue weighted by molar-refractivity contribution is -0.130. The van der Waals surface area contributed by atoms with Gasteiger partial charge >= 0.3 is 6.01 Å². The number of piperidine rings is 1. The van der Waals surface area contributed by atoms with Gasteiger partial charge in [0.2, 0.25) is 16.9 Å². The zero-order chi connectivity index (χ0) is 17.6. The fourth-order valence-corrected chi connectivity index (χ4v) is 3.20. The maximum Gasteiger partial charge on any atom is 0.319 e. The molecule has 10 nitrogen and oxygen atoms in total. The van der Waals surface area contributed by atoms with Crippen LogP contribution in [0.25, 0.3) is 0 Å². The molecule has 134 valence electrons. The van der Waals surface area contributed by atoms with Crippen LogP contribution in [0.5, 0.6) is 11.9 Å². The van der Waals surface area contributed by atoms with Crippen molar-refractivity contribution in [2.75, 3.05) is 26.0 Å². The monoisotopic (exact) mass is 365 g/mol. The van der Waals surface area contributed by atoms with Crippen molar-refractivity contribution >= 4 is 17.7 Å². The number of hydrogen-bond acceptors (Lipinski definition) is 9. The third-order valence-corrected chi connectivity index (χ3v) is 4.77. The summed E-state index contributed by atoms with van der Waals surface area (Å²) in [5.74, 6) is 0.889. The van der Waals surface area contributed by atoms with Gasteiger partial charge in [-0.3, -0.25) is 4.79 Å². The largest absolute Gasteiger partial charge is 0.474 e. The average molecular weight is 365 g/mol. The van der Waals surface area contributed by atoms with Crippen LogP contribution in [0.3, 0.4) is 0 Å². The number of carbonyl (C=O) groups is 1. The molecular weight excluding hydrogens is 346 g/mol. The van der Waals surface area contributed by atoms with Crippen LogP contribution < -0.4 is 9.47 Å². The zero-order valence-corrected chi connectivity index (χ0v) is 14.8. The maximum absolute atomic E-state index is 12.3. The molecule has 0 aromatic carbocycles. The SMILES string of the molecule is COc1nccc(OC2CCN(C(=O)CSc3nnnn3C)CC2)n1. The van der Waals surface area contributed by atoms with E-state index >= 15 is 0 Å². The lowest BCUT2D eigenvalue weighted by atomic mass is 10.1. The molecule has 0 radical (unpaired) electrons. The van der Waals surface area contributed by atoms with E-state index in [-0.39, 0.29) is 18.0 Å². The normalized spacial score (nSPS) is 15.2. The Hall–Kier alpha value is -2.43. The first-order chi connectivity index (χ1) is 12.2. The number of carbonyl (C=O) groups excluding carboxylic acids is 1. The van der Waals surface area contributed by atoms with Crippen LogP contribution >= 0.6 is 11.8 Å². The summed E-state index contributed by atoms with van der Waals surface area (Å²) in [5, 5.41) is 11.8. The minimum absolute atomic E-state index is 0.0271. The fraction of sp³-hybridized carbons (Fsp3) is 0.571. The minimum atomic E-state index is 0.0271. The minimum Gasteiger partial charge on any atom is -0.474 e. The summed E-state index contributed by atoms with van der Waals surface area (Å²) in [6.07, 6.45) is 3.14. The molecule has 1 aliphatic rings. The van der Waals surface area contributed by atoms with E-state index in [1.165, 1.54) is 18.9 Å². The molecule has 1 amide bonds. The topological polar surface area (TPSA) is 108 Å². The Morgan fingerprint density at radius 3 is 2.88 bits per heavy atom. The first-order valence-corrected chi connectivity index (χ1v) is 8.81. The molecule has 0 N–H and O–H groups in total. The lowest BCUT2D eigenvalue weighted by Gasteiger charge is -2.31. The van der Waals surface area contributed by atoms with E-state index in [4.69, 9.17) is 9.47 Å². The smallest absolute Gasteiger partial charge is 0.319 e. The van der Waals surface area contributed by atoms with E-state index in [0.717, 1.165) is 12.8 Å². The van der Waals surface area contributed by atoms with Crippen molar-refractivity contribution in [3.8, 4) is 11.9 Å². The van der Waals surface area contributed by atoms with Crippen LogP contribution in [0, 0.1) is 0 Å². The third kappa shape index (κ3) is 4.56. The van der Waals surface area contributed by atoms with Gasteiger partial charge in [0, 0.05) is 45.2 Å². The van der Waals surface area contributed by atoms with Crippen molar-refractivity contribution in [2.24, 2.45) is 7.05 Å². The van der Waals surface area contributed by atoms with Crippen LogP contribution in [0.15, 0.2) is 17.4 Å². The van der Waals surface area contributed by atoms with Crippen molar-refractivity contribution in [1.82, 2.24) is 35.1 Å². The summed E-state index contributed by atoms with van der Waals surface area (Å²) in [5.41, 5.74) is 0. The van der Waals surface area contributed by atoms with Gasteiger partial charge in [0.25, 0.3) is 0 Å². The molecule has 1 aliphatic heterocycles. The molecule has 25 heavy (non-hydrogen) atoms. The number of likely N-dealkylation sites (tertiary alicyclic amines) is 1. The van der Waals surface area contributed by atoms with Gasteiger partial charge in [-0.15, -0.1) is 5.10 Å². The van der Waals surface area contributed by atoms with Crippen LogP contribution in [0.4, 0.5) is 0 Å². The van der Waals surface area contributed by atoms with E-state index in [1.807, 2.05) is 4.90 Å². The van der Waals surface area contributed by atoms with Crippen molar-refractivity contribution < 1.29 is 14.3 Å². The maximum atomic E-state index is 12.3. The Labute approximate surface area is 148 Å². The lowest BCUT2D eigenvalue weighted by Crippen LogP contribution is -2.42. The number of thioether (sulfide) groups is 1. The van der Waals surface area contributed by atoms with Gasteiger partial charge < -0.3 is 14.4 Å². The molecule has 2 aromatic rings. The molecule has 0 saturated carbocycles. The van der Waals surface area contributed by atoms with Gasteiger partial charge in [-0.25, -0.2) is 9.67 Å². The number of aryl methyl sites for hydroxylation is 1. The molecule has 3 rings (SSSR count). The van der Waals surface area contributed by atoms with Crippen molar-refractivity contribution in [2.45, 2.75) is 24.1 Å². The van der Waals surface area contributed by atoms with Crippen LogP contribution in [0.2, 0.25) is 0 Å². The molecule has 1 saturated heterocycles. The van der Waals surface area contributed by atoms with E-state index in [0.29, 0.717) is 29.9 Å². The first kappa shape index (κ1) is 17.4. The second kappa shape index (κ2) is 8.10. The predicted molar refractivity (Wildman–Crippen MR) is 88.3 cm³/mol. The number of hydrogen-bond donors (Lipinski definition) is 0. The number of methoxy groups -OCH3 is 1. The molecule has 0 bridgehead atoms. The number of aromatic nitrogens is 6. The third-order valence-electron chi connectivity index (χ3n) is 3.78. The molecule has 0 unspecified atom stereocenters. The highest BCUT2D eigenvalue weighted by molar-refractivity contribution is 7.99. The Morgan fingerprint density at radius 2 is 2.20 bits per heavy atom. The standard InChI is InChI=1S/C14H19N7O3S/c1-20-14(17-18-19-20)25-9-12(22)21-7-4-10(5-8-21)24-11-3-6-15-13(16-11)23-2/h3,6,10H,4-5,7-9H2,1-2H3. The summed E-state index contributed by atoms with van der Waals surface area (Å²) in [7, 11) is 3.26. The number of rotatable bonds is 6. The molecule has 2 aromatic heterocycles. The fourth-order valence-electron chi connectivity index (χ4n) is 2.44. The zero-order valence-electron chi connectivity index (χ0n) is 14.0. The summed E-state index contributed by atoms with van der Waals surface area (Å²) in [6, 6.07) is 1.98. The van der Waals surface area contributed by atoms with Gasteiger partial charge in [-0.1, -0.05) is 11.8 Å².